The molecule has 1 nitrogen and oxygen atoms in total. The van der Waals surface area contributed by atoms with Gasteiger partial charge in [0.25, 0.3) is 0 Å². The molecular weight excluding hydrogens is 172 g/mol. The number of benzene rings is 1. The Balaban J connectivity index is 2.00. The summed E-state index contributed by atoms with van der Waals surface area (Å²) in [6.07, 6.45) is 9.45. The molecule has 0 N–H and O–H groups in total. The van der Waals surface area contributed by atoms with E-state index in [1.165, 1.54) is 5.56 Å². The summed E-state index contributed by atoms with van der Waals surface area (Å²) in [4.78, 5) is 0. The Morgan fingerprint density at radius 3 is 2.57 bits per heavy atom. The fraction of sp³-hybridized carbons (Fsp3) is 0.231. The minimum atomic E-state index is 0.197. The quantitative estimate of drug-likeness (QED) is 0.688. The number of hydrogen-bond donors (Lipinski definition) is 0. The van der Waals surface area contributed by atoms with Crippen molar-refractivity contribution in [3.8, 4) is 5.75 Å². The van der Waals surface area contributed by atoms with Gasteiger partial charge in [0.2, 0.25) is 0 Å². The van der Waals surface area contributed by atoms with E-state index in [0.717, 1.165) is 12.2 Å². The summed E-state index contributed by atoms with van der Waals surface area (Å²) < 4.78 is 5.77. The molecule has 2 rings (SSSR count). The fourth-order valence-electron chi connectivity index (χ4n) is 1.44. The maximum Gasteiger partial charge on any atom is 0.121 e. The molecule has 0 aromatic heterocycles. The highest BCUT2D eigenvalue weighted by molar-refractivity contribution is 5.27. The topological polar surface area (TPSA) is 9.23 Å². The summed E-state index contributed by atoms with van der Waals surface area (Å²) in [5.41, 5.74) is 1.26. The van der Waals surface area contributed by atoms with Crippen molar-refractivity contribution in [2.45, 2.75) is 19.4 Å². The highest BCUT2D eigenvalue weighted by Crippen LogP contribution is 2.16. The maximum atomic E-state index is 5.77. The Morgan fingerprint density at radius 2 is 1.93 bits per heavy atom. The van der Waals surface area contributed by atoms with Gasteiger partial charge in [-0.3, -0.25) is 0 Å². The van der Waals surface area contributed by atoms with Crippen LogP contribution >= 0.6 is 0 Å². The first-order valence-corrected chi connectivity index (χ1v) is 4.91. The summed E-state index contributed by atoms with van der Waals surface area (Å²) >= 11 is 0. The van der Waals surface area contributed by atoms with Gasteiger partial charge in [-0.2, -0.15) is 0 Å². The van der Waals surface area contributed by atoms with E-state index in [0.29, 0.717) is 0 Å². The zero-order valence-corrected chi connectivity index (χ0v) is 8.31. The Bertz CT molecular complexity index is 346. The van der Waals surface area contributed by atoms with Crippen LogP contribution in [0.1, 0.15) is 12.0 Å². The van der Waals surface area contributed by atoms with E-state index in [-0.39, 0.29) is 6.10 Å². The molecular formula is C13H14O. The predicted molar refractivity (Wildman–Crippen MR) is 58.5 cm³/mol. The molecule has 0 spiro atoms. The summed E-state index contributed by atoms with van der Waals surface area (Å²) in [6.45, 7) is 2.08. The Morgan fingerprint density at radius 1 is 1.14 bits per heavy atom. The minimum Gasteiger partial charge on any atom is -0.486 e. The summed E-state index contributed by atoms with van der Waals surface area (Å²) in [5.74, 6) is 0.945. The van der Waals surface area contributed by atoms with Crippen molar-refractivity contribution in [1.82, 2.24) is 0 Å². The van der Waals surface area contributed by atoms with Gasteiger partial charge in [-0.05, 0) is 25.1 Å². The van der Waals surface area contributed by atoms with Gasteiger partial charge in [0.1, 0.15) is 11.9 Å². The summed E-state index contributed by atoms with van der Waals surface area (Å²) in [6, 6.07) is 8.17. The van der Waals surface area contributed by atoms with Crippen molar-refractivity contribution in [3.63, 3.8) is 0 Å². The lowest BCUT2D eigenvalue weighted by molar-refractivity contribution is 0.251. The van der Waals surface area contributed by atoms with E-state index in [4.69, 9.17) is 4.74 Å². The Hall–Kier alpha value is -1.50. The molecule has 0 aliphatic heterocycles. The van der Waals surface area contributed by atoms with Gasteiger partial charge in [0.15, 0.2) is 0 Å². The molecule has 0 saturated carbocycles. The Labute approximate surface area is 84.7 Å². The molecule has 1 aliphatic carbocycles. The zero-order chi connectivity index (χ0) is 9.80. The average Bonchev–Trinajstić information content (AvgIpc) is 2.23. The van der Waals surface area contributed by atoms with Crippen LogP contribution in [0.3, 0.4) is 0 Å². The molecule has 1 aromatic carbocycles. The molecule has 1 heteroatoms. The van der Waals surface area contributed by atoms with E-state index in [9.17, 15) is 0 Å². The monoisotopic (exact) mass is 186 g/mol. The van der Waals surface area contributed by atoms with Gasteiger partial charge >= 0.3 is 0 Å². The fourth-order valence-corrected chi connectivity index (χ4v) is 1.44. The smallest absolute Gasteiger partial charge is 0.121 e. The van der Waals surface area contributed by atoms with Crippen molar-refractivity contribution in [1.29, 1.82) is 0 Å². The number of aryl methyl sites for hydroxylation is 1. The molecule has 72 valence electrons. The molecule has 14 heavy (non-hydrogen) atoms. The third-order valence-electron chi connectivity index (χ3n) is 2.25. The summed E-state index contributed by atoms with van der Waals surface area (Å²) in [5, 5.41) is 0. The number of ether oxygens (including phenoxy) is 1. The lowest BCUT2D eigenvalue weighted by atomic mass is 10.1. The molecule has 1 aliphatic rings. The van der Waals surface area contributed by atoms with E-state index in [1.807, 2.05) is 18.2 Å². The van der Waals surface area contributed by atoms with Gasteiger partial charge in [0, 0.05) is 6.42 Å². The van der Waals surface area contributed by atoms with E-state index >= 15 is 0 Å². The lowest BCUT2D eigenvalue weighted by Crippen LogP contribution is -2.13. The molecule has 0 bridgehead atoms. The van der Waals surface area contributed by atoms with Crippen molar-refractivity contribution in [2.75, 3.05) is 0 Å². The average molecular weight is 186 g/mol. The zero-order valence-electron chi connectivity index (χ0n) is 8.31. The van der Waals surface area contributed by atoms with Crippen LogP contribution in [0.2, 0.25) is 0 Å². The minimum absolute atomic E-state index is 0.197. The van der Waals surface area contributed by atoms with Crippen LogP contribution in [0.25, 0.3) is 0 Å². The molecule has 1 atom stereocenters. The predicted octanol–water partition coefficient (Wildman–Crippen LogP) is 3.26. The van der Waals surface area contributed by atoms with Crippen LogP contribution in [-0.4, -0.2) is 6.10 Å². The van der Waals surface area contributed by atoms with Crippen LogP contribution in [0, 0.1) is 6.92 Å². The van der Waals surface area contributed by atoms with Crippen molar-refractivity contribution in [3.05, 3.63) is 54.1 Å². The maximum absolute atomic E-state index is 5.77. The highest BCUT2D eigenvalue weighted by Gasteiger charge is 2.05. The summed E-state index contributed by atoms with van der Waals surface area (Å²) in [7, 11) is 0. The molecule has 0 saturated heterocycles. The van der Waals surface area contributed by atoms with Crippen LogP contribution in [0.15, 0.2) is 48.6 Å². The van der Waals surface area contributed by atoms with Crippen molar-refractivity contribution >= 4 is 0 Å². The van der Waals surface area contributed by atoms with Gasteiger partial charge in [0.05, 0.1) is 0 Å². The number of allylic oxidation sites excluding steroid dienone is 2. The second-order valence-electron chi connectivity index (χ2n) is 3.52. The first-order valence-electron chi connectivity index (χ1n) is 4.91. The van der Waals surface area contributed by atoms with Gasteiger partial charge < -0.3 is 4.74 Å². The van der Waals surface area contributed by atoms with Crippen LogP contribution in [0.5, 0.6) is 5.75 Å². The van der Waals surface area contributed by atoms with Gasteiger partial charge in [-0.1, -0.05) is 35.9 Å². The second-order valence-corrected chi connectivity index (χ2v) is 3.52. The molecule has 1 aromatic rings. The first-order chi connectivity index (χ1) is 6.84. The van der Waals surface area contributed by atoms with Crippen LogP contribution < -0.4 is 4.74 Å². The normalized spacial score (nSPS) is 19.6. The SMILES string of the molecule is Cc1ccc(OC2C=CC=CC2)cc1. The standard InChI is InChI=1S/C13H14O/c1-11-7-9-13(10-8-11)14-12-5-3-2-4-6-12/h2-5,7-10,12H,6H2,1H3. The Kier molecular flexibility index (Phi) is 2.68. The van der Waals surface area contributed by atoms with E-state index in [2.05, 4.69) is 37.3 Å². The molecule has 0 fully saturated rings. The highest BCUT2D eigenvalue weighted by atomic mass is 16.5. The molecule has 0 radical (unpaired) electrons. The molecule has 1 unspecified atom stereocenters. The largest absolute Gasteiger partial charge is 0.486 e. The lowest BCUT2D eigenvalue weighted by Gasteiger charge is -2.15. The second kappa shape index (κ2) is 4.14. The molecule has 0 heterocycles. The van der Waals surface area contributed by atoms with Crippen molar-refractivity contribution < 1.29 is 4.74 Å². The van der Waals surface area contributed by atoms with E-state index < -0.39 is 0 Å². The number of hydrogen-bond acceptors (Lipinski definition) is 1. The van der Waals surface area contributed by atoms with Gasteiger partial charge in [-0.25, -0.2) is 0 Å². The van der Waals surface area contributed by atoms with Crippen molar-refractivity contribution in [2.24, 2.45) is 0 Å². The van der Waals surface area contributed by atoms with E-state index in [1.54, 1.807) is 0 Å². The number of rotatable bonds is 2. The third kappa shape index (κ3) is 2.25. The van der Waals surface area contributed by atoms with Crippen LogP contribution in [-0.2, 0) is 0 Å². The van der Waals surface area contributed by atoms with Crippen LogP contribution in [0.4, 0.5) is 0 Å². The molecule has 0 amide bonds. The first kappa shape index (κ1) is 9.07. The third-order valence-corrected chi connectivity index (χ3v) is 2.25. The van der Waals surface area contributed by atoms with Gasteiger partial charge in [-0.15, -0.1) is 0 Å².